The lowest BCUT2D eigenvalue weighted by atomic mass is 10.0. The molecule has 0 aliphatic carbocycles. The quantitative estimate of drug-likeness (QED) is 0.833. The zero-order valence-electron chi connectivity index (χ0n) is 9.55. The normalized spacial score (nSPS) is 18.9. The van der Waals surface area contributed by atoms with Gasteiger partial charge in [0.05, 0.1) is 18.2 Å². The molecule has 1 aliphatic rings. The summed E-state index contributed by atoms with van der Waals surface area (Å²) < 4.78 is 5.03. The minimum Gasteiger partial charge on any atom is -0.462 e. The molecule has 1 heterocycles. The topological polar surface area (TPSA) is 64.7 Å². The van der Waals surface area contributed by atoms with Crippen molar-refractivity contribution in [2.75, 3.05) is 12.4 Å². The molecule has 0 saturated carbocycles. The molecule has 0 bridgehead atoms. The van der Waals surface area contributed by atoms with Crippen LogP contribution in [0.2, 0.25) is 0 Å². The maximum absolute atomic E-state index is 11.8. The van der Waals surface area contributed by atoms with E-state index in [1.807, 2.05) is 18.2 Å². The number of benzene rings is 1. The predicted octanol–water partition coefficient (Wildman–Crippen LogP) is 1.97. The number of carbonyl (C=O) groups excluding carboxylic acids is 1. The highest BCUT2D eigenvalue weighted by Gasteiger charge is 2.23. The molecule has 0 aromatic heterocycles. The molecule has 0 spiro atoms. The molecule has 17 heavy (non-hydrogen) atoms. The van der Waals surface area contributed by atoms with Gasteiger partial charge in [0.25, 0.3) is 0 Å². The van der Waals surface area contributed by atoms with Crippen LogP contribution in [0.5, 0.6) is 0 Å². The number of hydrogen-bond acceptors (Lipinski definition) is 5. The van der Waals surface area contributed by atoms with Crippen LogP contribution in [0.25, 0.3) is 0 Å². The predicted molar refractivity (Wildman–Crippen MR) is 69.2 cm³/mol. The zero-order valence-corrected chi connectivity index (χ0v) is 10.4. The zero-order chi connectivity index (χ0) is 12.3. The third-order valence-corrected chi connectivity index (χ3v) is 3.37. The Labute approximate surface area is 104 Å². The van der Waals surface area contributed by atoms with Gasteiger partial charge >= 0.3 is 5.97 Å². The molecule has 90 valence electrons. The van der Waals surface area contributed by atoms with Crippen LogP contribution in [0, 0.1) is 0 Å². The van der Waals surface area contributed by atoms with Gasteiger partial charge in [-0.1, -0.05) is 30.0 Å². The maximum atomic E-state index is 11.8. The first-order chi connectivity index (χ1) is 8.22. The number of hydrogen-bond donors (Lipinski definition) is 1. The van der Waals surface area contributed by atoms with E-state index in [-0.39, 0.29) is 12.0 Å². The second kappa shape index (κ2) is 5.23. The Morgan fingerprint density at radius 2 is 2.35 bits per heavy atom. The van der Waals surface area contributed by atoms with E-state index in [0.717, 1.165) is 11.3 Å². The fraction of sp³-hybridized carbons (Fsp3) is 0.333. The number of rotatable bonds is 3. The van der Waals surface area contributed by atoms with Crippen LogP contribution in [0.3, 0.4) is 0 Å². The van der Waals surface area contributed by atoms with Gasteiger partial charge in [-0.3, -0.25) is 4.99 Å². The average molecular weight is 250 g/mol. The first-order valence-corrected chi connectivity index (χ1v) is 6.43. The SMILES string of the molecule is CCOC(=O)c1ccccc1C1CSC(N)=N1. The van der Waals surface area contributed by atoms with Gasteiger partial charge in [-0.25, -0.2) is 4.79 Å². The molecule has 0 radical (unpaired) electrons. The van der Waals surface area contributed by atoms with Crippen LogP contribution < -0.4 is 5.73 Å². The third-order valence-electron chi connectivity index (χ3n) is 2.49. The summed E-state index contributed by atoms with van der Waals surface area (Å²) in [5.74, 6) is 0.483. The molecule has 4 nitrogen and oxygen atoms in total. The summed E-state index contributed by atoms with van der Waals surface area (Å²) in [7, 11) is 0. The van der Waals surface area contributed by atoms with Crippen LogP contribution in [-0.4, -0.2) is 23.5 Å². The molecule has 1 unspecified atom stereocenters. The maximum Gasteiger partial charge on any atom is 0.338 e. The summed E-state index contributed by atoms with van der Waals surface area (Å²) in [4.78, 5) is 16.1. The third kappa shape index (κ3) is 2.61. The van der Waals surface area contributed by atoms with Crippen molar-refractivity contribution in [3.63, 3.8) is 0 Å². The molecule has 5 heteroatoms. The molecular weight excluding hydrogens is 236 g/mol. The smallest absolute Gasteiger partial charge is 0.338 e. The van der Waals surface area contributed by atoms with Crippen LogP contribution in [0.1, 0.15) is 28.9 Å². The number of amidine groups is 1. The van der Waals surface area contributed by atoms with Crippen LogP contribution >= 0.6 is 11.8 Å². The van der Waals surface area contributed by atoms with Crippen molar-refractivity contribution in [1.29, 1.82) is 0 Å². The van der Waals surface area contributed by atoms with Gasteiger partial charge in [0, 0.05) is 5.75 Å². The molecule has 1 atom stereocenters. The van der Waals surface area contributed by atoms with Crippen molar-refractivity contribution >= 4 is 22.9 Å². The van der Waals surface area contributed by atoms with E-state index in [4.69, 9.17) is 10.5 Å². The largest absolute Gasteiger partial charge is 0.462 e. The minimum absolute atomic E-state index is 0.0411. The number of nitrogens with zero attached hydrogens (tertiary/aromatic N) is 1. The molecule has 0 fully saturated rings. The van der Waals surface area contributed by atoms with E-state index in [1.54, 1.807) is 13.0 Å². The molecule has 1 aromatic carbocycles. The summed E-state index contributed by atoms with van der Waals surface area (Å²) in [5.41, 5.74) is 7.11. The Kier molecular flexibility index (Phi) is 3.68. The van der Waals surface area contributed by atoms with Crippen molar-refractivity contribution in [1.82, 2.24) is 0 Å². The highest BCUT2D eigenvalue weighted by Crippen LogP contribution is 2.31. The summed E-state index contributed by atoms with van der Waals surface area (Å²) in [6.45, 7) is 2.17. The van der Waals surface area contributed by atoms with Gasteiger partial charge in [0.15, 0.2) is 5.17 Å². The first-order valence-electron chi connectivity index (χ1n) is 5.44. The molecule has 1 aromatic rings. The van der Waals surface area contributed by atoms with Crippen LogP contribution in [0.4, 0.5) is 0 Å². The van der Waals surface area contributed by atoms with Gasteiger partial charge in [-0.2, -0.15) is 0 Å². The van der Waals surface area contributed by atoms with Crippen molar-refractivity contribution in [2.45, 2.75) is 13.0 Å². The summed E-state index contributed by atoms with van der Waals surface area (Å²) in [6.07, 6.45) is 0. The van der Waals surface area contributed by atoms with Gasteiger partial charge in [0.1, 0.15) is 0 Å². The fourth-order valence-electron chi connectivity index (χ4n) is 1.73. The monoisotopic (exact) mass is 250 g/mol. The minimum atomic E-state index is -0.297. The Bertz CT molecular complexity index is 460. The second-order valence-electron chi connectivity index (χ2n) is 3.60. The van der Waals surface area contributed by atoms with E-state index >= 15 is 0 Å². The Balaban J connectivity index is 2.31. The van der Waals surface area contributed by atoms with Gasteiger partial charge in [0.2, 0.25) is 0 Å². The second-order valence-corrected chi connectivity index (χ2v) is 4.64. The Morgan fingerprint density at radius 3 is 3.00 bits per heavy atom. The van der Waals surface area contributed by atoms with E-state index in [0.29, 0.717) is 17.3 Å². The van der Waals surface area contributed by atoms with Gasteiger partial charge in [-0.05, 0) is 18.6 Å². The summed E-state index contributed by atoms with van der Waals surface area (Å²) >= 11 is 1.51. The lowest BCUT2D eigenvalue weighted by Crippen LogP contribution is -2.10. The van der Waals surface area contributed by atoms with E-state index < -0.39 is 0 Å². The molecule has 1 aliphatic heterocycles. The Morgan fingerprint density at radius 1 is 1.59 bits per heavy atom. The van der Waals surface area contributed by atoms with Crippen molar-refractivity contribution in [3.05, 3.63) is 35.4 Å². The fourth-order valence-corrected chi connectivity index (χ4v) is 2.52. The number of ether oxygens (including phenoxy) is 1. The van der Waals surface area contributed by atoms with Gasteiger partial charge in [-0.15, -0.1) is 0 Å². The summed E-state index contributed by atoms with van der Waals surface area (Å²) in [6, 6.07) is 7.35. The number of aliphatic imine (C=N–C) groups is 1. The average Bonchev–Trinajstić information content (AvgIpc) is 2.76. The molecular formula is C12H14N2O2S. The molecule has 2 rings (SSSR count). The van der Waals surface area contributed by atoms with E-state index in [2.05, 4.69) is 4.99 Å². The number of carbonyl (C=O) groups is 1. The van der Waals surface area contributed by atoms with Crippen molar-refractivity contribution < 1.29 is 9.53 Å². The molecule has 0 saturated heterocycles. The van der Waals surface area contributed by atoms with Crippen molar-refractivity contribution in [2.24, 2.45) is 10.7 Å². The lowest BCUT2D eigenvalue weighted by Gasteiger charge is -2.11. The van der Waals surface area contributed by atoms with E-state index in [1.165, 1.54) is 11.8 Å². The first kappa shape index (κ1) is 12.0. The van der Waals surface area contributed by atoms with Crippen molar-refractivity contribution in [3.8, 4) is 0 Å². The highest BCUT2D eigenvalue weighted by molar-refractivity contribution is 8.14. The molecule has 0 amide bonds. The Hall–Kier alpha value is -1.49. The number of esters is 1. The van der Waals surface area contributed by atoms with Crippen LogP contribution in [0.15, 0.2) is 29.3 Å². The van der Waals surface area contributed by atoms with E-state index in [9.17, 15) is 4.79 Å². The standard InChI is InChI=1S/C12H14N2O2S/c1-2-16-11(15)9-6-4-3-5-8(9)10-7-17-12(13)14-10/h3-6,10H,2,7H2,1H3,(H2,13,14). The number of thioether (sulfide) groups is 1. The number of nitrogens with two attached hydrogens (primary N) is 1. The molecule has 2 N–H and O–H groups in total. The van der Waals surface area contributed by atoms with Gasteiger partial charge < -0.3 is 10.5 Å². The van der Waals surface area contributed by atoms with Crippen LogP contribution in [-0.2, 0) is 4.74 Å². The lowest BCUT2D eigenvalue weighted by molar-refractivity contribution is 0.0524. The summed E-state index contributed by atoms with van der Waals surface area (Å²) in [5, 5.41) is 0.577. The highest BCUT2D eigenvalue weighted by atomic mass is 32.2.